The molecule has 0 bridgehead atoms. The van der Waals surface area contributed by atoms with Gasteiger partial charge in [-0.15, -0.1) is 11.3 Å². The average molecular weight is 259 g/mol. The van der Waals surface area contributed by atoms with Crippen molar-refractivity contribution in [3.05, 3.63) is 58.3 Å². The molecule has 1 nitrogen and oxygen atoms in total. The standard InChI is InChI=1S/C16H21NS/c1-2-7-15(16-10-6-13-18-16)17-12-11-14-8-4-3-5-9-14/h3-6,8-10,13,15,17H,2,7,11-12H2,1H3. The second-order valence-electron chi connectivity index (χ2n) is 4.55. The van der Waals surface area contributed by atoms with Crippen LogP contribution in [0.15, 0.2) is 47.8 Å². The van der Waals surface area contributed by atoms with Crippen molar-refractivity contribution >= 4 is 11.3 Å². The van der Waals surface area contributed by atoms with Gasteiger partial charge in [0.15, 0.2) is 0 Å². The SMILES string of the molecule is CCCC(NCCc1ccccc1)c1cccs1. The molecule has 1 aromatic carbocycles. The highest BCUT2D eigenvalue weighted by molar-refractivity contribution is 7.10. The van der Waals surface area contributed by atoms with E-state index in [1.165, 1.54) is 23.3 Å². The molecule has 1 atom stereocenters. The molecule has 2 aromatic rings. The summed E-state index contributed by atoms with van der Waals surface area (Å²) in [5.74, 6) is 0. The van der Waals surface area contributed by atoms with Crippen LogP contribution in [-0.4, -0.2) is 6.54 Å². The highest BCUT2D eigenvalue weighted by Gasteiger charge is 2.10. The normalized spacial score (nSPS) is 12.5. The van der Waals surface area contributed by atoms with Crippen LogP contribution >= 0.6 is 11.3 Å². The van der Waals surface area contributed by atoms with Gasteiger partial charge in [0.2, 0.25) is 0 Å². The molecule has 1 aromatic heterocycles. The van der Waals surface area contributed by atoms with Gasteiger partial charge in [-0.2, -0.15) is 0 Å². The molecule has 0 aliphatic rings. The zero-order chi connectivity index (χ0) is 12.6. The van der Waals surface area contributed by atoms with Crippen LogP contribution in [0, 0.1) is 0 Å². The molecule has 1 unspecified atom stereocenters. The summed E-state index contributed by atoms with van der Waals surface area (Å²) < 4.78 is 0. The summed E-state index contributed by atoms with van der Waals surface area (Å²) in [4.78, 5) is 1.46. The summed E-state index contributed by atoms with van der Waals surface area (Å²) in [6.45, 7) is 3.30. The molecule has 2 rings (SSSR count). The molecule has 0 fully saturated rings. The maximum Gasteiger partial charge on any atom is 0.0414 e. The van der Waals surface area contributed by atoms with Gasteiger partial charge >= 0.3 is 0 Å². The Balaban J connectivity index is 1.83. The molecule has 96 valence electrons. The molecule has 0 aliphatic carbocycles. The van der Waals surface area contributed by atoms with E-state index in [9.17, 15) is 0 Å². The predicted molar refractivity (Wildman–Crippen MR) is 80.1 cm³/mol. The second kappa shape index (κ2) is 7.34. The van der Waals surface area contributed by atoms with Crippen molar-refractivity contribution in [1.82, 2.24) is 5.32 Å². The minimum absolute atomic E-state index is 0.527. The molecule has 2 heteroatoms. The maximum atomic E-state index is 3.68. The van der Waals surface area contributed by atoms with Gasteiger partial charge in [-0.3, -0.25) is 0 Å². The smallest absolute Gasteiger partial charge is 0.0414 e. The van der Waals surface area contributed by atoms with Gasteiger partial charge in [0, 0.05) is 10.9 Å². The van der Waals surface area contributed by atoms with E-state index < -0.39 is 0 Å². The van der Waals surface area contributed by atoms with E-state index in [-0.39, 0.29) is 0 Å². The Morgan fingerprint density at radius 2 is 1.94 bits per heavy atom. The Morgan fingerprint density at radius 1 is 1.11 bits per heavy atom. The average Bonchev–Trinajstić information content (AvgIpc) is 2.93. The lowest BCUT2D eigenvalue weighted by atomic mass is 10.1. The molecular weight excluding hydrogens is 238 g/mol. The maximum absolute atomic E-state index is 3.68. The van der Waals surface area contributed by atoms with Crippen LogP contribution in [0.4, 0.5) is 0 Å². The van der Waals surface area contributed by atoms with Crippen molar-refractivity contribution < 1.29 is 0 Å². The van der Waals surface area contributed by atoms with E-state index in [0.29, 0.717) is 6.04 Å². The van der Waals surface area contributed by atoms with Crippen molar-refractivity contribution in [3.8, 4) is 0 Å². The molecule has 18 heavy (non-hydrogen) atoms. The Morgan fingerprint density at radius 3 is 2.61 bits per heavy atom. The Labute approximate surface area is 114 Å². The molecule has 1 heterocycles. The third kappa shape index (κ3) is 3.97. The van der Waals surface area contributed by atoms with Crippen molar-refractivity contribution in [1.29, 1.82) is 0 Å². The van der Waals surface area contributed by atoms with Gasteiger partial charge in [-0.25, -0.2) is 0 Å². The number of hydrogen-bond donors (Lipinski definition) is 1. The zero-order valence-corrected chi connectivity index (χ0v) is 11.7. The third-order valence-electron chi connectivity index (χ3n) is 3.11. The van der Waals surface area contributed by atoms with Crippen LogP contribution in [-0.2, 0) is 6.42 Å². The topological polar surface area (TPSA) is 12.0 Å². The van der Waals surface area contributed by atoms with E-state index in [4.69, 9.17) is 0 Å². The van der Waals surface area contributed by atoms with E-state index in [1.54, 1.807) is 0 Å². The molecule has 0 aliphatic heterocycles. The van der Waals surface area contributed by atoms with Crippen molar-refractivity contribution in [2.24, 2.45) is 0 Å². The fourth-order valence-corrected chi connectivity index (χ4v) is 3.00. The van der Waals surface area contributed by atoms with Gasteiger partial charge in [-0.05, 0) is 36.4 Å². The molecule has 0 radical (unpaired) electrons. The highest BCUT2D eigenvalue weighted by atomic mass is 32.1. The Kier molecular flexibility index (Phi) is 5.43. The van der Waals surface area contributed by atoms with E-state index in [1.807, 2.05) is 11.3 Å². The molecule has 1 N–H and O–H groups in total. The minimum Gasteiger partial charge on any atom is -0.309 e. The van der Waals surface area contributed by atoms with Gasteiger partial charge < -0.3 is 5.32 Å². The van der Waals surface area contributed by atoms with Crippen LogP contribution in [0.25, 0.3) is 0 Å². The predicted octanol–water partition coefficient (Wildman–Crippen LogP) is 4.42. The Bertz CT molecular complexity index is 422. The lowest BCUT2D eigenvalue weighted by Crippen LogP contribution is -2.23. The first-order valence-electron chi connectivity index (χ1n) is 6.71. The molecule has 0 saturated heterocycles. The zero-order valence-electron chi connectivity index (χ0n) is 10.9. The fourth-order valence-electron chi connectivity index (χ4n) is 2.16. The number of thiophene rings is 1. The first kappa shape index (κ1) is 13.3. The first-order valence-corrected chi connectivity index (χ1v) is 7.59. The van der Waals surface area contributed by atoms with Gasteiger partial charge in [0.1, 0.15) is 0 Å². The third-order valence-corrected chi connectivity index (χ3v) is 4.10. The van der Waals surface area contributed by atoms with E-state index in [2.05, 4.69) is 60.1 Å². The van der Waals surface area contributed by atoms with Crippen LogP contribution in [0.5, 0.6) is 0 Å². The van der Waals surface area contributed by atoms with Crippen molar-refractivity contribution in [3.63, 3.8) is 0 Å². The minimum atomic E-state index is 0.527. The molecule has 0 amide bonds. The van der Waals surface area contributed by atoms with Gasteiger partial charge in [0.25, 0.3) is 0 Å². The molecule has 0 spiro atoms. The molecule has 0 saturated carbocycles. The van der Waals surface area contributed by atoms with Gasteiger partial charge in [-0.1, -0.05) is 49.7 Å². The van der Waals surface area contributed by atoms with Crippen LogP contribution in [0.1, 0.15) is 36.2 Å². The fraction of sp³-hybridized carbons (Fsp3) is 0.375. The van der Waals surface area contributed by atoms with E-state index >= 15 is 0 Å². The van der Waals surface area contributed by atoms with Crippen LogP contribution in [0.3, 0.4) is 0 Å². The lowest BCUT2D eigenvalue weighted by molar-refractivity contribution is 0.504. The molecular formula is C16H21NS. The van der Waals surface area contributed by atoms with Crippen LogP contribution < -0.4 is 5.32 Å². The lowest BCUT2D eigenvalue weighted by Gasteiger charge is -2.16. The summed E-state index contributed by atoms with van der Waals surface area (Å²) in [7, 11) is 0. The number of nitrogens with one attached hydrogen (secondary N) is 1. The highest BCUT2D eigenvalue weighted by Crippen LogP contribution is 2.22. The largest absolute Gasteiger partial charge is 0.309 e. The summed E-state index contributed by atoms with van der Waals surface area (Å²) >= 11 is 1.85. The summed E-state index contributed by atoms with van der Waals surface area (Å²) in [6.07, 6.45) is 3.54. The quantitative estimate of drug-likeness (QED) is 0.776. The van der Waals surface area contributed by atoms with Crippen molar-refractivity contribution in [2.45, 2.75) is 32.2 Å². The second-order valence-corrected chi connectivity index (χ2v) is 5.53. The van der Waals surface area contributed by atoms with E-state index in [0.717, 1.165) is 13.0 Å². The monoisotopic (exact) mass is 259 g/mol. The summed E-state index contributed by atoms with van der Waals surface area (Å²) in [5.41, 5.74) is 1.41. The summed E-state index contributed by atoms with van der Waals surface area (Å²) in [5, 5.41) is 5.85. The van der Waals surface area contributed by atoms with Crippen molar-refractivity contribution in [2.75, 3.05) is 6.54 Å². The number of rotatable bonds is 7. The summed E-state index contributed by atoms with van der Waals surface area (Å²) in [6, 6.07) is 15.6. The Hall–Kier alpha value is -1.12. The van der Waals surface area contributed by atoms with Gasteiger partial charge in [0.05, 0.1) is 0 Å². The number of benzene rings is 1. The first-order chi connectivity index (χ1) is 8.90. The van der Waals surface area contributed by atoms with Crippen LogP contribution in [0.2, 0.25) is 0 Å². The number of hydrogen-bond acceptors (Lipinski definition) is 2.